The topological polar surface area (TPSA) is 54.3 Å². The third-order valence-corrected chi connectivity index (χ3v) is 3.12. The molecule has 0 spiro atoms. The Morgan fingerprint density at radius 2 is 2.56 bits per heavy atom. The lowest BCUT2D eigenvalue weighted by molar-refractivity contribution is -0.126. The highest BCUT2D eigenvalue weighted by atomic mass is 16.3. The second kappa shape index (κ2) is 5.16. The monoisotopic (exact) mass is 222 g/mol. The van der Waals surface area contributed by atoms with Crippen molar-refractivity contribution in [1.82, 2.24) is 10.6 Å². The Bertz CT molecular complexity index is 335. The first-order valence-electron chi connectivity index (χ1n) is 5.81. The van der Waals surface area contributed by atoms with Crippen LogP contribution in [0.4, 0.5) is 0 Å². The second-order valence-corrected chi connectivity index (χ2v) is 4.29. The van der Waals surface area contributed by atoms with E-state index in [1.54, 1.807) is 6.26 Å². The zero-order valence-electron chi connectivity index (χ0n) is 9.53. The predicted octanol–water partition coefficient (Wildman–Crippen LogP) is 1.28. The SMILES string of the molecule is CC1NCCCC1C(=O)NCc1ccco1. The summed E-state index contributed by atoms with van der Waals surface area (Å²) in [5.74, 6) is 1.00. The molecule has 0 radical (unpaired) electrons. The summed E-state index contributed by atoms with van der Waals surface area (Å²) >= 11 is 0. The van der Waals surface area contributed by atoms with Gasteiger partial charge in [-0.15, -0.1) is 0 Å². The molecule has 16 heavy (non-hydrogen) atoms. The van der Waals surface area contributed by atoms with Crippen LogP contribution in [0.2, 0.25) is 0 Å². The number of carbonyl (C=O) groups excluding carboxylic acids is 1. The highest BCUT2D eigenvalue weighted by Gasteiger charge is 2.27. The van der Waals surface area contributed by atoms with Gasteiger partial charge in [0.1, 0.15) is 5.76 Å². The van der Waals surface area contributed by atoms with Crippen molar-refractivity contribution in [3.63, 3.8) is 0 Å². The van der Waals surface area contributed by atoms with Crippen LogP contribution in [0.25, 0.3) is 0 Å². The van der Waals surface area contributed by atoms with E-state index in [0.29, 0.717) is 6.54 Å². The first-order chi connectivity index (χ1) is 7.77. The van der Waals surface area contributed by atoms with E-state index in [0.717, 1.165) is 25.1 Å². The molecule has 0 saturated carbocycles. The standard InChI is InChI=1S/C12H18N2O2/c1-9-11(5-2-6-13-9)12(15)14-8-10-4-3-7-16-10/h3-4,7,9,11,13H,2,5-6,8H2,1H3,(H,14,15). The van der Waals surface area contributed by atoms with Crippen LogP contribution in [0.15, 0.2) is 22.8 Å². The minimum atomic E-state index is 0.0868. The highest BCUT2D eigenvalue weighted by Crippen LogP contribution is 2.16. The van der Waals surface area contributed by atoms with Gasteiger partial charge in [-0.25, -0.2) is 0 Å². The summed E-state index contributed by atoms with van der Waals surface area (Å²) in [4.78, 5) is 11.9. The Morgan fingerprint density at radius 1 is 1.69 bits per heavy atom. The van der Waals surface area contributed by atoms with E-state index in [1.165, 1.54) is 0 Å². The largest absolute Gasteiger partial charge is 0.467 e. The number of piperidine rings is 1. The van der Waals surface area contributed by atoms with Crippen molar-refractivity contribution >= 4 is 5.91 Å². The van der Waals surface area contributed by atoms with Gasteiger partial charge < -0.3 is 15.1 Å². The Balaban J connectivity index is 1.83. The minimum Gasteiger partial charge on any atom is -0.467 e. The van der Waals surface area contributed by atoms with Gasteiger partial charge in [0, 0.05) is 6.04 Å². The fourth-order valence-corrected chi connectivity index (χ4v) is 2.12. The van der Waals surface area contributed by atoms with E-state index in [9.17, 15) is 4.79 Å². The molecule has 2 heterocycles. The van der Waals surface area contributed by atoms with E-state index in [-0.39, 0.29) is 17.9 Å². The van der Waals surface area contributed by atoms with Crippen molar-refractivity contribution in [2.45, 2.75) is 32.4 Å². The molecule has 4 heteroatoms. The number of hydrogen-bond donors (Lipinski definition) is 2. The van der Waals surface area contributed by atoms with Crippen LogP contribution in [0, 0.1) is 5.92 Å². The third kappa shape index (κ3) is 2.64. The van der Waals surface area contributed by atoms with Crippen molar-refractivity contribution in [1.29, 1.82) is 0 Å². The van der Waals surface area contributed by atoms with Crippen LogP contribution in [0.3, 0.4) is 0 Å². The van der Waals surface area contributed by atoms with Crippen molar-refractivity contribution in [3.05, 3.63) is 24.2 Å². The molecule has 0 bridgehead atoms. The summed E-state index contributed by atoms with van der Waals surface area (Å²) in [6, 6.07) is 3.96. The first kappa shape index (κ1) is 11.2. The fourth-order valence-electron chi connectivity index (χ4n) is 2.12. The lowest BCUT2D eigenvalue weighted by Crippen LogP contribution is -2.46. The predicted molar refractivity (Wildman–Crippen MR) is 60.7 cm³/mol. The summed E-state index contributed by atoms with van der Waals surface area (Å²) in [6.45, 7) is 3.56. The molecule has 0 aliphatic carbocycles. The molecule has 0 aromatic carbocycles. The van der Waals surface area contributed by atoms with Crippen molar-refractivity contribution in [2.75, 3.05) is 6.54 Å². The number of furan rings is 1. The molecular weight excluding hydrogens is 204 g/mol. The number of amides is 1. The zero-order chi connectivity index (χ0) is 11.4. The van der Waals surface area contributed by atoms with Gasteiger partial charge in [-0.2, -0.15) is 0 Å². The van der Waals surface area contributed by atoms with Gasteiger partial charge in [-0.1, -0.05) is 0 Å². The van der Waals surface area contributed by atoms with Crippen LogP contribution in [-0.2, 0) is 11.3 Å². The molecule has 2 N–H and O–H groups in total. The molecule has 1 saturated heterocycles. The third-order valence-electron chi connectivity index (χ3n) is 3.12. The van der Waals surface area contributed by atoms with E-state index in [2.05, 4.69) is 17.6 Å². The number of nitrogens with one attached hydrogen (secondary N) is 2. The van der Waals surface area contributed by atoms with E-state index in [4.69, 9.17) is 4.42 Å². The maximum atomic E-state index is 11.9. The summed E-state index contributed by atoms with van der Waals surface area (Å²) < 4.78 is 5.17. The molecule has 1 fully saturated rings. The van der Waals surface area contributed by atoms with Gasteiger partial charge in [-0.05, 0) is 38.4 Å². The molecule has 4 nitrogen and oxygen atoms in total. The normalized spacial score (nSPS) is 25.3. The lowest BCUT2D eigenvalue weighted by Gasteiger charge is -2.28. The van der Waals surface area contributed by atoms with Crippen LogP contribution < -0.4 is 10.6 Å². The molecule has 2 unspecified atom stereocenters. The van der Waals surface area contributed by atoms with Crippen LogP contribution in [0.5, 0.6) is 0 Å². The van der Waals surface area contributed by atoms with Gasteiger partial charge in [-0.3, -0.25) is 4.79 Å². The van der Waals surface area contributed by atoms with Crippen molar-refractivity contribution in [3.8, 4) is 0 Å². The van der Waals surface area contributed by atoms with Crippen LogP contribution in [-0.4, -0.2) is 18.5 Å². The summed E-state index contributed by atoms with van der Waals surface area (Å²) in [6.07, 6.45) is 3.66. The zero-order valence-corrected chi connectivity index (χ0v) is 9.53. The van der Waals surface area contributed by atoms with Gasteiger partial charge in [0.25, 0.3) is 0 Å². The van der Waals surface area contributed by atoms with E-state index in [1.807, 2.05) is 12.1 Å². The molecule has 1 aromatic rings. The average molecular weight is 222 g/mol. The smallest absolute Gasteiger partial charge is 0.225 e. The summed E-state index contributed by atoms with van der Waals surface area (Å²) in [7, 11) is 0. The molecule has 2 rings (SSSR count). The van der Waals surface area contributed by atoms with Crippen LogP contribution >= 0.6 is 0 Å². The maximum Gasteiger partial charge on any atom is 0.225 e. The van der Waals surface area contributed by atoms with Crippen LogP contribution in [0.1, 0.15) is 25.5 Å². The van der Waals surface area contributed by atoms with Gasteiger partial charge in [0.05, 0.1) is 18.7 Å². The van der Waals surface area contributed by atoms with Gasteiger partial charge in [0.15, 0.2) is 0 Å². The lowest BCUT2D eigenvalue weighted by atomic mass is 9.91. The number of hydrogen-bond acceptors (Lipinski definition) is 3. The Morgan fingerprint density at radius 3 is 3.25 bits per heavy atom. The molecule has 1 amide bonds. The van der Waals surface area contributed by atoms with E-state index < -0.39 is 0 Å². The Hall–Kier alpha value is -1.29. The van der Waals surface area contributed by atoms with E-state index >= 15 is 0 Å². The molecule has 1 aliphatic heterocycles. The number of rotatable bonds is 3. The Labute approximate surface area is 95.4 Å². The summed E-state index contributed by atoms with van der Waals surface area (Å²) in [5, 5.41) is 6.23. The highest BCUT2D eigenvalue weighted by molar-refractivity contribution is 5.79. The quantitative estimate of drug-likeness (QED) is 0.810. The summed E-state index contributed by atoms with van der Waals surface area (Å²) in [5.41, 5.74) is 0. The minimum absolute atomic E-state index is 0.0868. The van der Waals surface area contributed by atoms with Crippen molar-refractivity contribution in [2.24, 2.45) is 5.92 Å². The molecular formula is C12H18N2O2. The molecule has 2 atom stereocenters. The van der Waals surface area contributed by atoms with Gasteiger partial charge >= 0.3 is 0 Å². The maximum absolute atomic E-state index is 11.9. The second-order valence-electron chi connectivity index (χ2n) is 4.29. The fraction of sp³-hybridized carbons (Fsp3) is 0.583. The molecule has 88 valence electrons. The first-order valence-corrected chi connectivity index (χ1v) is 5.81. The van der Waals surface area contributed by atoms with Crippen molar-refractivity contribution < 1.29 is 9.21 Å². The molecule has 1 aliphatic rings. The Kier molecular flexibility index (Phi) is 3.62. The van der Waals surface area contributed by atoms with Gasteiger partial charge in [0.2, 0.25) is 5.91 Å². The molecule has 1 aromatic heterocycles. The number of carbonyl (C=O) groups is 1. The average Bonchev–Trinajstić information content (AvgIpc) is 2.79.